The van der Waals surface area contributed by atoms with Crippen LogP contribution in [-0.4, -0.2) is 17.2 Å². The number of alkyl halides is 6. The number of carbonyl (C=O) groups excluding carboxylic acids is 1. The van der Waals surface area contributed by atoms with E-state index in [1.807, 2.05) is 0 Å². The molecule has 1 amide bonds. The molecular weight excluding hydrogens is 384 g/mol. The van der Waals surface area contributed by atoms with E-state index in [1.165, 1.54) is 12.1 Å². The van der Waals surface area contributed by atoms with Crippen molar-refractivity contribution < 1.29 is 36.2 Å². The molecular formula is C16H7F6NO2S. The highest BCUT2D eigenvalue weighted by atomic mass is 32.2. The van der Waals surface area contributed by atoms with Crippen molar-refractivity contribution in [1.82, 2.24) is 0 Å². The molecule has 3 nitrogen and oxygen atoms in total. The number of hydrogen-bond acceptors (Lipinski definition) is 3. The van der Waals surface area contributed by atoms with Crippen LogP contribution >= 0.6 is 11.8 Å². The van der Waals surface area contributed by atoms with Crippen molar-refractivity contribution in [1.29, 1.82) is 0 Å². The second kappa shape index (κ2) is 4.95. The van der Waals surface area contributed by atoms with E-state index in [1.54, 1.807) is 0 Å². The van der Waals surface area contributed by atoms with Gasteiger partial charge in [-0.2, -0.15) is 26.3 Å². The number of rotatable bonds is 0. The number of benzene rings is 2. The van der Waals surface area contributed by atoms with Crippen LogP contribution in [0.4, 0.5) is 37.7 Å². The minimum absolute atomic E-state index is 0.183. The fourth-order valence-electron chi connectivity index (χ4n) is 3.08. The molecule has 0 aliphatic carbocycles. The fraction of sp³-hybridized carbons (Fsp3) is 0.188. The Hall–Kier alpha value is -2.20. The lowest BCUT2D eigenvalue weighted by atomic mass is 9.95. The highest BCUT2D eigenvalue weighted by molar-refractivity contribution is 7.99. The van der Waals surface area contributed by atoms with Crippen LogP contribution in [0.1, 0.15) is 11.1 Å². The molecule has 2 aromatic rings. The van der Waals surface area contributed by atoms with Crippen molar-refractivity contribution in [3.63, 3.8) is 0 Å². The molecule has 4 rings (SSSR count). The Morgan fingerprint density at radius 3 is 2.31 bits per heavy atom. The zero-order valence-corrected chi connectivity index (χ0v) is 13.3. The number of hydrogen-bond donors (Lipinski definition) is 1. The third kappa shape index (κ3) is 2.05. The highest BCUT2D eigenvalue weighted by Crippen LogP contribution is 2.59. The molecule has 0 saturated heterocycles. The molecule has 2 heterocycles. The van der Waals surface area contributed by atoms with Gasteiger partial charge in [-0.05, 0) is 24.3 Å². The SMILES string of the molecule is O=C1N2c3cc(C(F)(F)F)ccc3Sc3cccc(c32)C1(O)C(F)(F)F. The summed E-state index contributed by atoms with van der Waals surface area (Å²) in [5.74, 6) is -1.74. The predicted octanol–water partition coefficient (Wildman–Crippen LogP) is 4.60. The van der Waals surface area contributed by atoms with Crippen LogP contribution < -0.4 is 4.90 Å². The summed E-state index contributed by atoms with van der Waals surface area (Å²) in [6, 6.07) is 6.13. The molecule has 1 unspecified atom stereocenters. The second-order valence-electron chi connectivity index (χ2n) is 5.78. The summed E-state index contributed by atoms with van der Waals surface area (Å²) < 4.78 is 79.5. The van der Waals surface area contributed by atoms with Gasteiger partial charge in [-0.1, -0.05) is 23.9 Å². The zero-order chi connectivity index (χ0) is 19.1. The summed E-state index contributed by atoms with van der Waals surface area (Å²) in [6.45, 7) is 0. The van der Waals surface area contributed by atoms with Crippen LogP contribution in [-0.2, 0) is 16.6 Å². The normalized spacial score (nSPS) is 21.7. The van der Waals surface area contributed by atoms with Gasteiger partial charge >= 0.3 is 12.4 Å². The monoisotopic (exact) mass is 391 g/mol. The molecule has 26 heavy (non-hydrogen) atoms. The van der Waals surface area contributed by atoms with Gasteiger partial charge in [0.2, 0.25) is 0 Å². The van der Waals surface area contributed by atoms with Crippen molar-refractivity contribution in [3.8, 4) is 0 Å². The third-order valence-electron chi connectivity index (χ3n) is 4.28. The Labute approximate surface area is 146 Å². The Morgan fingerprint density at radius 1 is 1.00 bits per heavy atom. The first kappa shape index (κ1) is 17.2. The quantitative estimate of drug-likeness (QED) is 0.668. The highest BCUT2D eigenvalue weighted by Gasteiger charge is 2.68. The maximum Gasteiger partial charge on any atom is 0.430 e. The van der Waals surface area contributed by atoms with E-state index in [0.29, 0.717) is 11.0 Å². The van der Waals surface area contributed by atoms with Crippen LogP contribution in [0.25, 0.3) is 0 Å². The molecule has 10 heteroatoms. The first-order valence-electron chi connectivity index (χ1n) is 7.12. The molecule has 2 aromatic carbocycles. The summed E-state index contributed by atoms with van der Waals surface area (Å²) in [7, 11) is 0. The third-order valence-corrected chi connectivity index (χ3v) is 5.40. The van der Waals surface area contributed by atoms with Gasteiger partial charge in [0.15, 0.2) is 0 Å². The molecule has 0 aromatic heterocycles. The molecule has 2 aliphatic heterocycles. The van der Waals surface area contributed by atoms with Crippen molar-refractivity contribution in [2.75, 3.05) is 4.90 Å². The molecule has 1 N–H and O–H groups in total. The first-order valence-corrected chi connectivity index (χ1v) is 7.94. The molecule has 0 saturated carbocycles. The van der Waals surface area contributed by atoms with Crippen molar-refractivity contribution in [3.05, 3.63) is 47.5 Å². The van der Waals surface area contributed by atoms with Gasteiger partial charge in [-0.3, -0.25) is 9.69 Å². The van der Waals surface area contributed by atoms with Gasteiger partial charge in [0, 0.05) is 15.4 Å². The van der Waals surface area contributed by atoms with E-state index in [0.717, 1.165) is 30.0 Å². The molecule has 0 spiro atoms. The Balaban J connectivity index is 2.00. The van der Waals surface area contributed by atoms with Gasteiger partial charge in [0.1, 0.15) is 0 Å². The second-order valence-corrected chi connectivity index (χ2v) is 6.87. The number of halogens is 6. The van der Waals surface area contributed by atoms with E-state index in [-0.39, 0.29) is 21.2 Å². The first-order chi connectivity index (χ1) is 12.0. The number of amides is 1. The standard InChI is InChI=1S/C16H7F6NO2S/c17-15(18,19)7-4-5-10-9(6-7)23-12-8(2-1-3-11(12)26-10)14(25,13(23)24)16(20,21)22/h1-6,25H. The smallest absolute Gasteiger partial charge is 0.368 e. The maximum atomic E-state index is 13.5. The van der Waals surface area contributed by atoms with Crippen LogP contribution in [0.2, 0.25) is 0 Å². The van der Waals surface area contributed by atoms with Gasteiger partial charge in [-0.25, -0.2) is 0 Å². The Bertz CT molecular complexity index is 955. The topological polar surface area (TPSA) is 40.5 Å². The minimum Gasteiger partial charge on any atom is -0.368 e. The summed E-state index contributed by atoms with van der Waals surface area (Å²) in [6.07, 6.45) is -10.1. The van der Waals surface area contributed by atoms with Gasteiger partial charge in [-0.15, -0.1) is 0 Å². The lowest BCUT2D eigenvalue weighted by molar-refractivity contribution is -0.253. The average molecular weight is 391 g/mol. The van der Waals surface area contributed by atoms with Gasteiger partial charge < -0.3 is 5.11 Å². The van der Waals surface area contributed by atoms with Crippen LogP contribution in [0, 0.1) is 0 Å². The van der Waals surface area contributed by atoms with Crippen molar-refractivity contribution in [2.24, 2.45) is 0 Å². The molecule has 1 atom stereocenters. The van der Waals surface area contributed by atoms with E-state index >= 15 is 0 Å². The number of para-hydroxylation sites is 1. The number of fused-ring (bicyclic) bond motifs is 2. The van der Waals surface area contributed by atoms with Crippen molar-refractivity contribution in [2.45, 2.75) is 27.7 Å². The lowest BCUT2D eigenvalue weighted by Gasteiger charge is -2.29. The molecule has 0 radical (unpaired) electrons. The number of aliphatic hydroxyl groups is 1. The molecule has 2 aliphatic rings. The lowest BCUT2D eigenvalue weighted by Crippen LogP contribution is -2.49. The summed E-state index contributed by atoms with van der Waals surface area (Å²) in [4.78, 5) is 13.5. The summed E-state index contributed by atoms with van der Waals surface area (Å²) in [5, 5.41) is 10.2. The average Bonchev–Trinajstić information content (AvgIpc) is 2.78. The largest absolute Gasteiger partial charge is 0.430 e. The van der Waals surface area contributed by atoms with Gasteiger partial charge in [0.25, 0.3) is 11.5 Å². The van der Waals surface area contributed by atoms with Gasteiger partial charge in [0.05, 0.1) is 16.9 Å². The van der Waals surface area contributed by atoms with E-state index in [9.17, 15) is 36.2 Å². The molecule has 136 valence electrons. The van der Waals surface area contributed by atoms with E-state index in [4.69, 9.17) is 0 Å². The fourth-order valence-corrected chi connectivity index (χ4v) is 4.16. The number of anilines is 2. The predicted molar refractivity (Wildman–Crippen MR) is 79.1 cm³/mol. The minimum atomic E-state index is -5.33. The van der Waals surface area contributed by atoms with Crippen LogP contribution in [0.3, 0.4) is 0 Å². The number of nitrogens with zero attached hydrogens (tertiary/aromatic N) is 1. The van der Waals surface area contributed by atoms with E-state index in [2.05, 4.69) is 0 Å². The Kier molecular flexibility index (Phi) is 3.28. The van der Waals surface area contributed by atoms with Crippen LogP contribution in [0.5, 0.6) is 0 Å². The van der Waals surface area contributed by atoms with Crippen LogP contribution in [0.15, 0.2) is 46.2 Å². The van der Waals surface area contributed by atoms with E-state index < -0.39 is 35.0 Å². The zero-order valence-electron chi connectivity index (χ0n) is 12.4. The van der Waals surface area contributed by atoms with Crippen molar-refractivity contribution >= 4 is 29.0 Å². The summed E-state index contributed by atoms with van der Waals surface area (Å²) >= 11 is 0.933. The molecule has 0 fully saturated rings. The Morgan fingerprint density at radius 2 is 1.69 bits per heavy atom. The maximum absolute atomic E-state index is 13.5. The summed E-state index contributed by atoms with van der Waals surface area (Å²) in [5.41, 5.74) is -6.19. The number of carbonyl (C=O) groups is 1. The molecule has 0 bridgehead atoms.